The van der Waals surface area contributed by atoms with Gasteiger partial charge in [0.2, 0.25) is 0 Å². The highest BCUT2D eigenvalue weighted by Gasteiger charge is 2.21. The molecule has 1 saturated carbocycles. The van der Waals surface area contributed by atoms with Crippen molar-refractivity contribution in [1.82, 2.24) is 4.98 Å². The molecule has 0 radical (unpaired) electrons. The number of pyridine rings is 1. The highest BCUT2D eigenvalue weighted by Crippen LogP contribution is 2.27. The third-order valence-corrected chi connectivity index (χ3v) is 4.01. The van der Waals surface area contributed by atoms with Gasteiger partial charge in [-0.15, -0.1) is 0 Å². The number of benzene rings is 1. The van der Waals surface area contributed by atoms with E-state index >= 15 is 0 Å². The van der Waals surface area contributed by atoms with Crippen molar-refractivity contribution in [2.75, 3.05) is 17.2 Å². The van der Waals surface area contributed by atoms with Gasteiger partial charge in [-0.25, -0.2) is 9.78 Å². The number of carbonyl (C=O) groups is 2. The number of nitro benzene ring substituents is 1. The Labute approximate surface area is 158 Å². The predicted molar refractivity (Wildman–Crippen MR) is 97.9 cm³/mol. The Morgan fingerprint density at radius 2 is 2.07 bits per heavy atom. The topological polar surface area (TPSA) is 123 Å². The third-order valence-electron chi connectivity index (χ3n) is 3.69. The van der Waals surface area contributed by atoms with Gasteiger partial charge < -0.3 is 15.4 Å². The number of aromatic nitrogens is 1. The van der Waals surface area contributed by atoms with Gasteiger partial charge in [0.1, 0.15) is 10.8 Å². The normalized spacial score (nSPS) is 12.9. The van der Waals surface area contributed by atoms with E-state index < -0.39 is 23.4 Å². The standard InChI is InChI=1S/C17H15ClN4O5/c18-13-5-4-12(7-14(13)22(25)26)21-16(23)9-27-17(24)10-1-6-15(19-8-10)20-11-2-3-11/h1,4-8,11H,2-3,9H2,(H,19,20)(H,21,23). The molecule has 3 rings (SSSR count). The molecule has 2 N–H and O–H groups in total. The van der Waals surface area contributed by atoms with Gasteiger partial charge in [-0.3, -0.25) is 14.9 Å². The summed E-state index contributed by atoms with van der Waals surface area (Å²) >= 11 is 5.71. The summed E-state index contributed by atoms with van der Waals surface area (Å²) in [4.78, 5) is 38.2. The van der Waals surface area contributed by atoms with Crippen LogP contribution in [0.3, 0.4) is 0 Å². The van der Waals surface area contributed by atoms with E-state index in [9.17, 15) is 19.7 Å². The molecular weight excluding hydrogens is 376 g/mol. The average Bonchev–Trinajstić information content (AvgIpc) is 3.45. The second-order valence-electron chi connectivity index (χ2n) is 5.90. The summed E-state index contributed by atoms with van der Waals surface area (Å²) in [6, 6.07) is 7.50. The molecule has 27 heavy (non-hydrogen) atoms. The van der Waals surface area contributed by atoms with Crippen molar-refractivity contribution in [3.8, 4) is 0 Å². The Hall–Kier alpha value is -3.20. The van der Waals surface area contributed by atoms with Crippen LogP contribution in [0, 0.1) is 10.1 Å². The van der Waals surface area contributed by atoms with Crippen LogP contribution in [0.4, 0.5) is 17.2 Å². The smallest absolute Gasteiger partial charge is 0.340 e. The number of halogens is 1. The molecule has 0 spiro atoms. The molecule has 0 saturated heterocycles. The molecule has 2 aromatic rings. The molecule has 1 aromatic carbocycles. The molecule has 1 fully saturated rings. The van der Waals surface area contributed by atoms with Crippen LogP contribution in [0.1, 0.15) is 23.2 Å². The second kappa shape index (κ2) is 8.00. The number of rotatable bonds is 7. The number of hydrogen-bond acceptors (Lipinski definition) is 7. The Balaban J connectivity index is 1.51. The molecule has 0 unspecified atom stereocenters. The third kappa shape index (κ3) is 5.14. The van der Waals surface area contributed by atoms with Crippen molar-refractivity contribution < 1.29 is 19.2 Å². The lowest BCUT2D eigenvalue weighted by molar-refractivity contribution is -0.384. The summed E-state index contributed by atoms with van der Waals surface area (Å²) in [5.41, 5.74) is 0.0491. The summed E-state index contributed by atoms with van der Waals surface area (Å²) in [6.07, 6.45) is 3.59. The van der Waals surface area contributed by atoms with Crippen LogP contribution < -0.4 is 10.6 Å². The van der Waals surface area contributed by atoms with Gasteiger partial charge in [-0.1, -0.05) is 11.6 Å². The fourth-order valence-electron chi connectivity index (χ4n) is 2.18. The fourth-order valence-corrected chi connectivity index (χ4v) is 2.37. The van der Waals surface area contributed by atoms with Gasteiger partial charge in [-0.2, -0.15) is 0 Å². The zero-order valence-electron chi connectivity index (χ0n) is 14.0. The summed E-state index contributed by atoms with van der Waals surface area (Å²) in [7, 11) is 0. The Morgan fingerprint density at radius 1 is 1.30 bits per heavy atom. The van der Waals surface area contributed by atoms with E-state index in [0.29, 0.717) is 11.9 Å². The number of nitrogens with zero attached hydrogens (tertiary/aromatic N) is 2. The predicted octanol–water partition coefficient (Wildman–Crippen LogP) is 3.01. The Morgan fingerprint density at radius 3 is 2.70 bits per heavy atom. The number of nitro groups is 1. The number of hydrogen-bond donors (Lipinski definition) is 2. The lowest BCUT2D eigenvalue weighted by Crippen LogP contribution is -2.21. The van der Waals surface area contributed by atoms with Crippen molar-refractivity contribution >= 4 is 40.7 Å². The maximum absolute atomic E-state index is 12.0. The van der Waals surface area contributed by atoms with E-state index in [0.717, 1.165) is 18.9 Å². The first-order chi connectivity index (χ1) is 12.9. The van der Waals surface area contributed by atoms with Crippen molar-refractivity contribution in [2.24, 2.45) is 0 Å². The largest absolute Gasteiger partial charge is 0.452 e. The van der Waals surface area contributed by atoms with E-state index in [-0.39, 0.29) is 22.0 Å². The van der Waals surface area contributed by atoms with Gasteiger partial charge >= 0.3 is 5.97 Å². The van der Waals surface area contributed by atoms with Gasteiger partial charge in [0.25, 0.3) is 11.6 Å². The van der Waals surface area contributed by atoms with Gasteiger partial charge in [-0.05, 0) is 37.1 Å². The molecule has 0 bridgehead atoms. The van der Waals surface area contributed by atoms with Crippen LogP contribution in [0.15, 0.2) is 36.5 Å². The van der Waals surface area contributed by atoms with E-state index in [1.165, 1.54) is 18.3 Å². The summed E-state index contributed by atoms with van der Waals surface area (Å²) in [6.45, 7) is -0.544. The van der Waals surface area contributed by atoms with E-state index in [1.807, 2.05) is 0 Å². The number of amides is 1. The highest BCUT2D eigenvalue weighted by molar-refractivity contribution is 6.32. The molecule has 1 heterocycles. The van der Waals surface area contributed by atoms with Crippen LogP contribution in [-0.2, 0) is 9.53 Å². The zero-order valence-corrected chi connectivity index (χ0v) is 14.7. The number of ether oxygens (including phenoxy) is 1. The number of carbonyl (C=O) groups excluding carboxylic acids is 2. The summed E-state index contributed by atoms with van der Waals surface area (Å²) < 4.78 is 4.93. The maximum Gasteiger partial charge on any atom is 0.340 e. The van der Waals surface area contributed by atoms with E-state index in [1.54, 1.807) is 12.1 Å². The zero-order chi connectivity index (χ0) is 19.4. The molecule has 1 amide bonds. The van der Waals surface area contributed by atoms with Crippen LogP contribution in [0.2, 0.25) is 5.02 Å². The number of anilines is 2. The second-order valence-corrected chi connectivity index (χ2v) is 6.31. The Bertz CT molecular complexity index is 883. The molecule has 1 aliphatic rings. The number of esters is 1. The minimum atomic E-state index is -0.697. The molecule has 140 valence electrons. The van der Waals surface area contributed by atoms with Crippen molar-refractivity contribution in [1.29, 1.82) is 0 Å². The molecule has 1 aromatic heterocycles. The maximum atomic E-state index is 12.0. The first kappa shape index (κ1) is 18.6. The van der Waals surface area contributed by atoms with E-state index in [2.05, 4.69) is 15.6 Å². The van der Waals surface area contributed by atoms with Crippen molar-refractivity contribution in [3.05, 3.63) is 57.2 Å². The van der Waals surface area contributed by atoms with Gasteiger partial charge in [0, 0.05) is 24.0 Å². The SMILES string of the molecule is O=C(COC(=O)c1ccc(NC2CC2)nc1)Nc1ccc(Cl)c([N+](=O)[O-])c1. The van der Waals surface area contributed by atoms with Gasteiger partial charge in [0.05, 0.1) is 10.5 Å². The lowest BCUT2D eigenvalue weighted by Gasteiger charge is -2.08. The fraction of sp³-hybridized carbons (Fsp3) is 0.235. The molecule has 0 atom stereocenters. The van der Waals surface area contributed by atoms with Crippen LogP contribution in [0.5, 0.6) is 0 Å². The highest BCUT2D eigenvalue weighted by atomic mass is 35.5. The van der Waals surface area contributed by atoms with Gasteiger partial charge in [0.15, 0.2) is 6.61 Å². The van der Waals surface area contributed by atoms with Crippen LogP contribution in [-0.4, -0.2) is 34.4 Å². The van der Waals surface area contributed by atoms with Crippen LogP contribution in [0.25, 0.3) is 0 Å². The molecule has 10 heteroatoms. The summed E-state index contributed by atoms with van der Waals surface area (Å²) in [5.74, 6) is -0.659. The molecular formula is C17H15ClN4O5. The molecule has 1 aliphatic carbocycles. The monoisotopic (exact) mass is 390 g/mol. The van der Waals surface area contributed by atoms with Crippen LogP contribution >= 0.6 is 11.6 Å². The van der Waals surface area contributed by atoms with Crippen molar-refractivity contribution in [3.63, 3.8) is 0 Å². The average molecular weight is 391 g/mol. The first-order valence-corrected chi connectivity index (χ1v) is 8.43. The number of nitrogens with one attached hydrogen (secondary N) is 2. The minimum Gasteiger partial charge on any atom is -0.452 e. The molecule has 0 aliphatic heterocycles. The first-order valence-electron chi connectivity index (χ1n) is 8.06. The minimum absolute atomic E-state index is 0.0449. The quantitative estimate of drug-likeness (QED) is 0.423. The molecule has 9 nitrogen and oxygen atoms in total. The van der Waals surface area contributed by atoms with E-state index in [4.69, 9.17) is 16.3 Å². The lowest BCUT2D eigenvalue weighted by atomic mass is 10.2. The Kier molecular flexibility index (Phi) is 5.51. The summed E-state index contributed by atoms with van der Waals surface area (Å²) in [5, 5.41) is 16.4. The van der Waals surface area contributed by atoms with Crippen molar-refractivity contribution in [2.45, 2.75) is 18.9 Å².